The van der Waals surface area contributed by atoms with Crippen molar-refractivity contribution in [1.82, 2.24) is 9.78 Å². The Balaban J connectivity index is 3.06. The summed E-state index contributed by atoms with van der Waals surface area (Å²) in [7, 11) is 0. The Morgan fingerprint density at radius 1 is 1.92 bits per heavy atom. The standard InChI is InChI=1S/C8H9N3O2/c1-3-6-5-9-11(4-2)7(6)10-8(12)13/h1,5,10H,4H2,2H3,(H,12,13). The van der Waals surface area contributed by atoms with Crippen molar-refractivity contribution in [3.63, 3.8) is 0 Å². The molecule has 0 atom stereocenters. The number of hydrogen-bond acceptors (Lipinski definition) is 2. The van der Waals surface area contributed by atoms with Crippen molar-refractivity contribution < 1.29 is 9.90 Å². The summed E-state index contributed by atoms with van der Waals surface area (Å²) in [6, 6.07) is 0. The second-order valence-electron chi connectivity index (χ2n) is 2.30. The third-order valence-corrected chi connectivity index (χ3v) is 1.52. The first-order valence-electron chi connectivity index (χ1n) is 3.71. The highest BCUT2D eigenvalue weighted by Crippen LogP contribution is 2.13. The second-order valence-corrected chi connectivity index (χ2v) is 2.30. The van der Waals surface area contributed by atoms with Gasteiger partial charge in [0, 0.05) is 6.54 Å². The van der Waals surface area contributed by atoms with Crippen molar-refractivity contribution in [3.8, 4) is 12.3 Å². The van der Waals surface area contributed by atoms with E-state index in [1.165, 1.54) is 10.9 Å². The molecule has 0 saturated heterocycles. The molecule has 1 rings (SSSR count). The highest BCUT2D eigenvalue weighted by molar-refractivity contribution is 5.83. The summed E-state index contributed by atoms with van der Waals surface area (Å²) in [4.78, 5) is 10.4. The summed E-state index contributed by atoms with van der Waals surface area (Å²) < 4.78 is 1.49. The van der Waals surface area contributed by atoms with E-state index in [1.54, 1.807) is 0 Å². The van der Waals surface area contributed by atoms with Crippen LogP contribution in [0.1, 0.15) is 12.5 Å². The number of terminal acetylenes is 1. The van der Waals surface area contributed by atoms with Crippen LogP contribution in [-0.2, 0) is 6.54 Å². The molecular formula is C8H9N3O2. The molecule has 1 aromatic heterocycles. The van der Waals surface area contributed by atoms with E-state index in [-0.39, 0.29) is 0 Å². The quantitative estimate of drug-likeness (QED) is 0.665. The maximum Gasteiger partial charge on any atom is 0.410 e. The molecule has 1 amide bonds. The largest absolute Gasteiger partial charge is 0.465 e. The van der Waals surface area contributed by atoms with Crippen LogP contribution < -0.4 is 5.32 Å². The fourth-order valence-corrected chi connectivity index (χ4v) is 0.964. The molecular weight excluding hydrogens is 170 g/mol. The van der Waals surface area contributed by atoms with Gasteiger partial charge in [-0.2, -0.15) is 5.10 Å². The molecule has 0 aliphatic carbocycles. The van der Waals surface area contributed by atoms with Gasteiger partial charge in [-0.25, -0.2) is 9.48 Å². The molecule has 0 saturated carbocycles. The summed E-state index contributed by atoms with van der Waals surface area (Å²) >= 11 is 0. The van der Waals surface area contributed by atoms with E-state index < -0.39 is 6.09 Å². The van der Waals surface area contributed by atoms with E-state index in [2.05, 4.69) is 16.3 Å². The number of rotatable bonds is 2. The molecule has 13 heavy (non-hydrogen) atoms. The van der Waals surface area contributed by atoms with Gasteiger partial charge in [0.2, 0.25) is 0 Å². The summed E-state index contributed by atoms with van der Waals surface area (Å²) in [5.41, 5.74) is 0.448. The van der Waals surface area contributed by atoms with Gasteiger partial charge in [-0.3, -0.25) is 5.32 Å². The lowest BCUT2D eigenvalue weighted by atomic mass is 10.3. The normalized spacial score (nSPS) is 9.23. The van der Waals surface area contributed by atoms with E-state index in [0.29, 0.717) is 17.9 Å². The maximum absolute atomic E-state index is 10.4. The zero-order valence-electron chi connectivity index (χ0n) is 7.11. The van der Waals surface area contributed by atoms with Gasteiger partial charge < -0.3 is 5.11 Å². The van der Waals surface area contributed by atoms with Crippen LogP contribution in [0.3, 0.4) is 0 Å². The number of nitrogens with zero attached hydrogens (tertiary/aromatic N) is 2. The Morgan fingerprint density at radius 2 is 2.62 bits per heavy atom. The molecule has 0 radical (unpaired) electrons. The zero-order chi connectivity index (χ0) is 9.84. The Labute approximate surface area is 75.4 Å². The summed E-state index contributed by atoms with van der Waals surface area (Å²) in [5.74, 6) is 2.69. The van der Waals surface area contributed by atoms with Crippen LogP contribution in [0.4, 0.5) is 10.6 Å². The number of carboxylic acid groups (broad SMARTS) is 1. The third-order valence-electron chi connectivity index (χ3n) is 1.52. The van der Waals surface area contributed by atoms with Gasteiger partial charge >= 0.3 is 6.09 Å². The highest BCUT2D eigenvalue weighted by atomic mass is 16.4. The van der Waals surface area contributed by atoms with Gasteiger partial charge in [0.1, 0.15) is 5.82 Å². The molecule has 0 aliphatic heterocycles. The lowest BCUT2D eigenvalue weighted by Crippen LogP contribution is -2.13. The molecule has 5 heteroatoms. The average molecular weight is 179 g/mol. The first kappa shape index (κ1) is 9.13. The molecule has 2 N–H and O–H groups in total. The highest BCUT2D eigenvalue weighted by Gasteiger charge is 2.09. The van der Waals surface area contributed by atoms with E-state index in [1.807, 2.05) is 6.92 Å². The lowest BCUT2D eigenvalue weighted by Gasteiger charge is -2.03. The fraction of sp³-hybridized carbons (Fsp3) is 0.250. The molecule has 1 aromatic rings. The molecule has 5 nitrogen and oxygen atoms in total. The Hall–Kier alpha value is -1.96. The monoisotopic (exact) mass is 179 g/mol. The number of aromatic nitrogens is 2. The molecule has 68 valence electrons. The third kappa shape index (κ3) is 1.79. The summed E-state index contributed by atoms with van der Waals surface area (Å²) in [6.45, 7) is 2.41. The van der Waals surface area contributed by atoms with Gasteiger partial charge in [-0.15, -0.1) is 6.42 Å². The molecule has 0 unspecified atom stereocenters. The molecule has 0 aromatic carbocycles. The number of carbonyl (C=O) groups is 1. The molecule has 0 fully saturated rings. The number of nitrogens with one attached hydrogen (secondary N) is 1. The maximum atomic E-state index is 10.4. The Bertz CT molecular complexity index is 362. The second kappa shape index (κ2) is 3.63. The van der Waals surface area contributed by atoms with Gasteiger partial charge in [0.05, 0.1) is 11.8 Å². The van der Waals surface area contributed by atoms with Crippen molar-refractivity contribution in [2.75, 3.05) is 5.32 Å². The minimum Gasteiger partial charge on any atom is -0.465 e. The van der Waals surface area contributed by atoms with E-state index >= 15 is 0 Å². The van der Waals surface area contributed by atoms with Crippen LogP contribution in [0.15, 0.2) is 6.20 Å². The number of hydrogen-bond donors (Lipinski definition) is 2. The van der Waals surface area contributed by atoms with Gasteiger partial charge in [-0.05, 0) is 6.92 Å². The first-order valence-corrected chi connectivity index (χ1v) is 3.71. The smallest absolute Gasteiger partial charge is 0.410 e. The molecule has 1 heterocycles. The van der Waals surface area contributed by atoms with Gasteiger partial charge in [-0.1, -0.05) is 5.92 Å². The van der Waals surface area contributed by atoms with Crippen molar-refractivity contribution in [2.45, 2.75) is 13.5 Å². The van der Waals surface area contributed by atoms with Crippen LogP contribution in [0, 0.1) is 12.3 Å². The van der Waals surface area contributed by atoms with Crippen LogP contribution in [0.25, 0.3) is 0 Å². The Morgan fingerprint density at radius 3 is 3.08 bits per heavy atom. The van der Waals surface area contributed by atoms with Crippen LogP contribution in [0.5, 0.6) is 0 Å². The minimum atomic E-state index is -1.15. The molecule has 0 bridgehead atoms. The fourth-order valence-electron chi connectivity index (χ4n) is 0.964. The van der Waals surface area contributed by atoms with Crippen molar-refractivity contribution >= 4 is 11.9 Å². The first-order chi connectivity index (χ1) is 6.19. The van der Waals surface area contributed by atoms with Gasteiger partial charge in [0.15, 0.2) is 0 Å². The molecule has 0 aliphatic rings. The van der Waals surface area contributed by atoms with Crippen molar-refractivity contribution in [2.24, 2.45) is 0 Å². The van der Waals surface area contributed by atoms with Crippen LogP contribution in [-0.4, -0.2) is 21.0 Å². The summed E-state index contributed by atoms with van der Waals surface area (Å²) in [6.07, 6.45) is 5.46. The van der Waals surface area contributed by atoms with Crippen LogP contribution >= 0.6 is 0 Å². The van der Waals surface area contributed by atoms with E-state index in [4.69, 9.17) is 11.5 Å². The lowest BCUT2D eigenvalue weighted by molar-refractivity contribution is 0.209. The predicted molar refractivity (Wildman–Crippen MR) is 47.5 cm³/mol. The topological polar surface area (TPSA) is 67.2 Å². The van der Waals surface area contributed by atoms with Crippen LogP contribution in [0.2, 0.25) is 0 Å². The van der Waals surface area contributed by atoms with E-state index in [9.17, 15) is 4.79 Å². The van der Waals surface area contributed by atoms with Crippen molar-refractivity contribution in [1.29, 1.82) is 0 Å². The number of amides is 1. The van der Waals surface area contributed by atoms with Crippen molar-refractivity contribution in [3.05, 3.63) is 11.8 Å². The predicted octanol–water partition coefficient (Wildman–Crippen LogP) is 0.974. The minimum absolute atomic E-state index is 0.345. The SMILES string of the molecule is C#Cc1cnn(CC)c1NC(=O)O. The number of aryl methyl sites for hydroxylation is 1. The van der Waals surface area contributed by atoms with E-state index in [0.717, 1.165) is 0 Å². The van der Waals surface area contributed by atoms with Gasteiger partial charge in [0.25, 0.3) is 0 Å². The Kier molecular flexibility index (Phi) is 2.55. The number of anilines is 1. The average Bonchev–Trinajstić information content (AvgIpc) is 2.46. The zero-order valence-corrected chi connectivity index (χ0v) is 7.11. The molecule has 0 spiro atoms. The summed E-state index contributed by atoms with van der Waals surface area (Å²) in [5, 5.41) is 14.6.